The van der Waals surface area contributed by atoms with Crippen molar-refractivity contribution in [3.63, 3.8) is 0 Å². The zero-order valence-corrected chi connectivity index (χ0v) is 12.4. The van der Waals surface area contributed by atoms with Gasteiger partial charge in [0.25, 0.3) is 0 Å². The van der Waals surface area contributed by atoms with Crippen molar-refractivity contribution in [1.29, 1.82) is 0 Å². The molecule has 0 bridgehead atoms. The van der Waals surface area contributed by atoms with Crippen LogP contribution in [0.25, 0.3) is 0 Å². The molecule has 0 saturated carbocycles. The second-order valence-corrected chi connectivity index (χ2v) is 5.23. The van der Waals surface area contributed by atoms with Crippen LogP contribution in [0.1, 0.15) is 15.9 Å². The fourth-order valence-electron chi connectivity index (χ4n) is 1.61. The second kappa shape index (κ2) is 6.48. The van der Waals surface area contributed by atoms with Crippen LogP contribution >= 0.6 is 15.9 Å². The standard InChI is InChI=1S/C16H13BrFNO/c1-11-2-7-14(10-15(11)18)19-9-8-16(20)12-3-5-13(17)6-4-12/h2-10,19H,1H3/b9-8+. The predicted octanol–water partition coefficient (Wildman–Crippen LogP) is 4.71. The van der Waals surface area contributed by atoms with Gasteiger partial charge < -0.3 is 5.32 Å². The maximum Gasteiger partial charge on any atom is 0.187 e. The molecule has 0 atom stereocenters. The van der Waals surface area contributed by atoms with Gasteiger partial charge in [0.05, 0.1) is 0 Å². The van der Waals surface area contributed by atoms with E-state index in [0.29, 0.717) is 16.8 Å². The summed E-state index contributed by atoms with van der Waals surface area (Å²) in [5.41, 5.74) is 1.79. The lowest BCUT2D eigenvalue weighted by molar-refractivity contribution is 0.104. The number of carbonyl (C=O) groups excluding carboxylic acids is 1. The van der Waals surface area contributed by atoms with Crippen molar-refractivity contribution >= 4 is 27.4 Å². The highest BCUT2D eigenvalue weighted by molar-refractivity contribution is 9.10. The van der Waals surface area contributed by atoms with Crippen LogP contribution in [0.4, 0.5) is 10.1 Å². The number of allylic oxidation sites excluding steroid dienone is 1. The number of anilines is 1. The summed E-state index contributed by atoms with van der Waals surface area (Å²) in [5.74, 6) is -0.389. The van der Waals surface area contributed by atoms with Gasteiger partial charge in [-0.05, 0) is 48.9 Å². The summed E-state index contributed by atoms with van der Waals surface area (Å²) in [6.45, 7) is 1.70. The van der Waals surface area contributed by atoms with E-state index in [1.54, 1.807) is 31.2 Å². The first-order valence-corrected chi connectivity index (χ1v) is 6.85. The Hall–Kier alpha value is -1.94. The summed E-state index contributed by atoms with van der Waals surface area (Å²) in [7, 11) is 0. The molecule has 0 aliphatic carbocycles. The Morgan fingerprint density at radius 2 is 1.90 bits per heavy atom. The molecule has 2 aromatic carbocycles. The number of ketones is 1. The van der Waals surface area contributed by atoms with E-state index in [4.69, 9.17) is 0 Å². The van der Waals surface area contributed by atoms with E-state index in [-0.39, 0.29) is 11.6 Å². The van der Waals surface area contributed by atoms with Crippen LogP contribution in [-0.4, -0.2) is 5.78 Å². The number of nitrogens with one attached hydrogen (secondary N) is 1. The summed E-state index contributed by atoms with van der Waals surface area (Å²) < 4.78 is 14.3. The quantitative estimate of drug-likeness (QED) is 0.648. The van der Waals surface area contributed by atoms with Crippen LogP contribution in [0, 0.1) is 12.7 Å². The molecule has 0 aromatic heterocycles. The second-order valence-electron chi connectivity index (χ2n) is 4.31. The van der Waals surface area contributed by atoms with E-state index < -0.39 is 0 Å². The Morgan fingerprint density at radius 1 is 1.20 bits per heavy atom. The Balaban J connectivity index is 2.00. The summed E-state index contributed by atoms with van der Waals surface area (Å²) in [4.78, 5) is 11.9. The van der Waals surface area contributed by atoms with Crippen LogP contribution < -0.4 is 5.32 Å². The Kier molecular flexibility index (Phi) is 4.69. The molecule has 0 aliphatic rings. The molecule has 0 radical (unpaired) electrons. The summed E-state index contributed by atoms with van der Waals surface area (Å²) in [6.07, 6.45) is 2.93. The molecular formula is C16H13BrFNO. The van der Waals surface area contributed by atoms with Crippen LogP contribution in [0.2, 0.25) is 0 Å². The van der Waals surface area contributed by atoms with Gasteiger partial charge in [-0.1, -0.05) is 22.0 Å². The monoisotopic (exact) mass is 333 g/mol. The molecule has 0 fully saturated rings. The molecule has 0 aliphatic heterocycles. The van der Waals surface area contributed by atoms with Crippen molar-refractivity contribution < 1.29 is 9.18 Å². The van der Waals surface area contributed by atoms with Gasteiger partial charge in [-0.2, -0.15) is 0 Å². The lowest BCUT2D eigenvalue weighted by atomic mass is 10.1. The number of halogens is 2. The number of rotatable bonds is 4. The maximum atomic E-state index is 13.3. The topological polar surface area (TPSA) is 29.1 Å². The van der Waals surface area contributed by atoms with Gasteiger partial charge in [0.2, 0.25) is 0 Å². The van der Waals surface area contributed by atoms with E-state index in [2.05, 4.69) is 21.2 Å². The van der Waals surface area contributed by atoms with Crippen molar-refractivity contribution in [2.45, 2.75) is 6.92 Å². The molecule has 102 valence electrons. The van der Waals surface area contributed by atoms with Crippen molar-refractivity contribution in [1.82, 2.24) is 0 Å². The minimum Gasteiger partial charge on any atom is -0.361 e. The maximum absolute atomic E-state index is 13.3. The molecule has 2 nitrogen and oxygen atoms in total. The molecule has 0 amide bonds. The van der Waals surface area contributed by atoms with Gasteiger partial charge in [0, 0.05) is 28.0 Å². The average molecular weight is 334 g/mol. The fraction of sp³-hybridized carbons (Fsp3) is 0.0625. The number of hydrogen-bond donors (Lipinski definition) is 1. The van der Waals surface area contributed by atoms with Crippen LogP contribution in [0.5, 0.6) is 0 Å². The van der Waals surface area contributed by atoms with E-state index in [0.717, 1.165) is 4.47 Å². The third-order valence-corrected chi connectivity index (χ3v) is 3.31. The summed E-state index contributed by atoms with van der Waals surface area (Å²) in [5, 5.41) is 2.87. The number of aryl methyl sites for hydroxylation is 1. The molecule has 0 spiro atoms. The van der Waals surface area contributed by atoms with Gasteiger partial charge >= 0.3 is 0 Å². The lowest BCUT2D eigenvalue weighted by Crippen LogP contribution is -1.96. The van der Waals surface area contributed by atoms with Gasteiger partial charge in [-0.15, -0.1) is 0 Å². The molecule has 2 aromatic rings. The van der Waals surface area contributed by atoms with Crippen molar-refractivity contribution in [2.24, 2.45) is 0 Å². The van der Waals surface area contributed by atoms with Crippen molar-refractivity contribution in [3.8, 4) is 0 Å². The minimum absolute atomic E-state index is 0.113. The Labute approximate surface area is 125 Å². The Morgan fingerprint density at radius 3 is 2.55 bits per heavy atom. The molecule has 1 N–H and O–H groups in total. The van der Waals surface area contributed by atoms with Crippen LogP contribution in [0.15, 0.2) is 59.2 Å². The molecule has 0 unspecified atom stereocenters. The van der Waals surface area contributed by atoms with Gasteiger partial charge in [-0.3, -0.25) is 4.79 Å². The predicted molar refractivity (Wildman–Crippen MR) is 82.4 cm³/mol. The fourth-order valence-corrected chi connectivity index (χ4v) is 1.87. The number of hydrogen-bond acceptors (Lipinski definition) is 2. The summed E-state index contributed by atoms with van der Waals surface area (Å²) in [6, 6.07) is 11.9. The molecule has 0 heterocycles. The van der Waals surface area contributed by atoms with E-state index in [9.17, 15) is 9.18 Å². The molecule has 20 heavy (non-hydrogen) atoms. The number of carbonyl (C=O) groups is 1. The first-order chi connectivity index (χ1) is 9.56. The van der Waals surface area contributed by atoms with Crippen molar-refractivity contribution in [2.75, 3.05) is 5.32 Å². The van der Waals surface area contributed by atoms with E-state index >= 15 is 0 Å². The first-order valence-electron chi connectivity index (χ1n) is 6.05. The molecule has 2 rings (SSSR count). The van der Waals surface area contributed by atoms with Gasteiger partial charge in [0.15, 0.2) is 5.78 Å². The lowest BCUT2D eigenvalue weighted by Gasteiger charge is -2.02. The first kappa shape index (κ1) is 14.5. The van der Waals surface area contributed by atoms with Gasteiger partial charge in [0.1, 0.15) is 5.82 Å². The smallest absolute Gasteiger partial charge is 0.187 e. The molecular weight excluding hydrogens is 321 g/mol. The van der Waals surface area contributed by atoms with Crippen LogP contribution in [0.3, 0.4) is 0 Å². The number of benzene rings is 2. The van der Waals surface area contributed by atoms with Crippen molar-refractivity contribution in [3.05, 3.63) is 76.2 Å². The highest BCUT2D eigenvalue weighted by atomic mass is 79.9. The Bertz CT molecular complexity index is 650. The highest BCUT2D eigenvalue weighted by Gasteiger charge is 2.01. The summed E-state index contributed by atoms with van der Waals surface area (Å²) >= 11 is 3.31. The van der Waals surface area contributed by atoms with E-state index in [1.807, 2.05) is 12.1 Å². The zero-order valence-electron chi connectivity index (χ0n) is 10.9. The zero-order chi connectivity index (χ0) is 14.5. The van der Waals surface area contributed by atoms with Gasteiger partial charge in [-0.25, -0.2) is 4.39 Å². The van der Waals surface area contributed by atoms with E-state index in [1.165, 1.54) is 18.3 Å². The largest absolute Gasteiger partial charge is 0.361 e. The third-order valence-electron chi connectivity index (χ3n) is 2.79. The molecule has 4 heteroatoms. The van der Waals surface area contributed by atoms with Crippen LogP contribution in [-0.2, 0) is 0 Å². The molecule has 0 saturated heterocycles. The third kappa shape index (κ3) is 3.78. The SMILES string of the molecule is Cc1ccc(N/C=C/C(=O)c2ccc(Br)cc2)cc1F. The highest BCUT2D eigenvalue weighted by Crippen LogP contribution is 2.14. The minimum atomic E-state index is -0.275. The normalized spacial score (nSPS) is 10.8. The average Bonchev–Trinajstić information content (AvgIpc) is 2.43.